The van der Waals surface area contributed by atoms with E-state index in [9.17, 15) is 8.42 Å². The van der Waals surface area contributed by atoms with Crippen molar-refractivity contribution < 1.29 is 13.2 Å². The SMILES string of the molecule is CC1CC(NS(=O)(=O)c2ccc(Oc3ccccc3Cl)cc2)CCN1.Cl. The molecule has 26 heavy (non-hydrogen) atoms. The quantitative estimate of drug-likeness (QED) is 0.773. The molecule has 8 heteroatoms. The smallest absolute Gasteiger partial charge is 0.240 e. The van der Waals surface area contributed by atoms with Crippen LogP contribution in [0.2, 0.25) is 5.02 Å². The fraction of sp³-hybridized carbons (Fsp3) is 0.333. The lowest BCUT2D eigenvalue weighted by atomic mass is 10.0. The molecule has 142 valence electrons. The summed E-state index contributed by atoms with van der Waals surface area (Å²) in [6, 6.07) is 13.7. The second-order valence-electron chi connectivity index (χ2n) is 6.20. The summed E-state index contributed by atoms with van der Waals surface area (Å²) in [6.45, 7) is 2.88. The zero-order valence-corrected chi connectivity index (χ0v) is 16.7. The normalized spacial score (nSPS) is 20.2. The maximum Gasteiger partial charge on any atom is 0.240 e. The van der Waals surface area contributed by atoms with E-state index in [1.807, 2.05) is 12.1 Å². The van der Waals surface area contributed by atoms with Gasteiger partial charge >= 0.3 is 0 Å². The molecule has 0 bridgehead atoms. The lowest BCUT2D eigenvalue weighted by Gasteiger charge is -2.28. The molecule has 0 saturated carbocycles. The first kappa shape index (κ1) is 21.0. The van der Waals surface area contributed by atoms with Crippen molar-refractivity contribution in [1.82, 2.24) is 10.0 Å². The number of hydrogen-bond acceptors (Lipinski definition) is 4. The van der Waals surface area contributed by atoms with E-state index in [2.05, 4.69) is 17.0 Å². The van der Waals surface area contributed by atoms with Crippen LogP contribution in [0.15, 0.2) is 53.4 Å². The predicted molar refractivity (Wildman–Crippen MR) is 106 cm³/mol. The van der Waals surface area contributed by atoms with E-state index in [0.29, 0.717) is 22.6 Å². The topological polar surface area (TPSA) is 67.4 Å². The average molecular weight is 417 g/mol. The van der Waals surface area contributed by atoms with E-state index < -0.39 is 10.0 Å². The van der Waals surface area contributed by atoms with Crippen LogP contribution in [0, 0.1) is 0 Å². The van der Waals surface area contributed by atoms with Gasteiger partial charge in [-0.25, -0.2) is 13.1 Å². The molecule has 2 aromatic carbocycles. The molecule has 0 amide bonds. The monoisotopic (exact) mass is 416 g/mol. The van der Waals surface area contributed by atoms with E-state index >= 15 is 0 Å². The number of rotatable bonds is 5. The van der Waals surface area contributed by atoms with Gasteiger partial charge in [0.05, 0.1) is 9.92 Å². The molecule has 2 N–H and O–H groups in total. The van der Waals surface area contributed by atoms with E-state index in [0.717, 1.165) is 19.4 Å². The minimum Gasteiger partial charge on any atom is -0.456 e. The van der Waals surface area contributed by atoms with Gasteiger partial charge in [0.15, 0.2) is 0 Å². The highest BCUT2D eigenvalue weighted by molar-refractivity contribution is 7.89. The number of ether oxygens (including phenoxy) is 1. The van der Waals surface area contributed by atoms with Crippen LogP contribution in [0.5, 0.6) is 11.5 Å². The Morgan fingerprint density at radius 2 is 1.85 bits per heavy atom. The minimum atomic E-state index is -3.54. The molecule has 1 aliphatic rings. The van der Waals surface area contributed by atoms with Crippen molar-refractivity contribution in [2.24, 2.45) is 0 Å². The number of hydrogen-bond donors (Lipinski definition) is 2. The van der Waals surface area contributed by atoms with Gasteiger partial charge in [0.2, 0.25) is 10.0 Å². The first-order valence-electron chi connectivity index (χ1n) is 8.22. The van der Waals surface area contributed by atoms with Crippen LogP contribution in [-0.2, 0) is 10.0 Å². The minimum absolute atomic E-state index is 0. The molecule has 1 fully saturated rings. The zero-order chi connectivity index (χ0) is 17.9. The van der Waals surface area contributed by atoms with Crippen LogP contribution in [0.4, 0.5) is 0 Å². The van der Waals surface area contributed by atoms with Gasteiger partial charge in [0.1, 0.15) is 11.5 Å². The van der Waals surface area contributed by atoms with Crippen LogP contribution >= 0.6 is 24.0 Å². The van der Waals surface area contributed by atoms with Crippen LogP contribution < -0.4 is 14.8 Å². The second kappa shape index (κ2) is 9.06. The number of nitrogens with one attached hydrogen (secondary N) is 2. The number of halogens is 2. The summed E-state index contributed by atoms with van der Waals surface area (Å²) in [5.41, 5.74) is 0. The summed E-state index contributed by atoms with van der Waals surface area (Å²) in [7, 11) is -3.54. The fourth-order valence-corrected chi connectivity index (χ4v) is 4.33. The van der Waals surface area contributed by atoms with E-state index in [-0.39, 0.29) is 23.3 Å². The third-order valence-corrected chi connectivity index (χ3v) is 5.99. The lowest BCUT2D eigenvalue weighted by Crippen LogP contribution is -2.46. The molecular weight excluding hydrogens is 395 g/mol. The maximum absolute atomic E-state index is 12.5. The Morgan fingerprint density at radius 3 is 2.50 bits per heavy atom. The number of sulfonamides is 1. The molecule has 0 spiro atoms. The molecule has 2 aromatic rings. The van der Waals surface area contributed by atoms with Gasteiger partial charge < -0.3 is 10.1 Å². The van der Waals surface area contributed by atoms with Gasteiger partial charge in [0.25, 0.3) is 0 Å². The molecule has 0 radical (unpaired) electrons. The Balaban J connectivity index is 0.00000243. The summed E-state index contributed by atoms with van der Waals surface area (Å²) >= 11 is 6.06. The third kappa shape index (κ3) is 5.34. The number of piperidine rings is 1. The fourth-order valence-electron chi connectivity index (χ4n) is 2.87. The highest BCUT2D eigenvalue weighted by atomic mass is 35.5. The molecule has 5 nitrogen and oxygen atoms in total. The number of benzene rings is 2. The summed E-state index contributed by atoms with van der Waals surface area (Å²) in [5, 5.41) is 3.81. The summed E-state index contributed by atoms with van der Waals surface area (Å²) in [5.74, 6) is 1.06. The van der Waals surface area contributed by atoms with Crippen molar-refractivity contribution in [3.63, 3.8) is 0 Å². The Morgan fingerprint density at radius 1 is 1.15 bits per heavy atom. The van der Waals surface area contributed by atoms with Crippen LogP contribution in [0.3, 0.4) is 0 Å². The first-order chi connectivity index (χ1) is 11.9. The van der Waals surface area contributed by atoms with Crippen LogP contribution in [-0.4, -0.2) is 27.0 Å². The predicted octanol–water partition coefficient (Wildman–Crippen LogP) is 3.97. The highest BCUT2D eigenvalue weighted by Gasteiger charge is 2.24. The molecule has 1 heterocycles. The summed E-state index contributed by atoms with van der Waals surface area (Å²) in [6.07, 6.45) is 1.57. The van der Waals surface area contributed by atoms with Crippen molar-refractivity contribution in [2.45, 2.75) is 36.7 Å². The number of para-hydroxylation sites is 1. The third-order valence-electron chi connectivity index (χ3n) is 4.14. The largest absolute Gasteiger partial charge is 0.456 e. The standard InChI is InChI=1S/C18H21ClN2O3S.ClH/c1-13-12-14(10-11-20-13)21-25(22,23)16-8-6-15(7-9-16)24-18-5-3-2-4-17(18)19;/h2-9,13-14,20-21H,10-12H2,1H3;1H. The molecule has 1 saturated heterocycles. The van der Waals surface area contributed by atoms with Crippen molar-refractivity contribution in [1.29, 1.82) is 0 Å². The molecule has 2 unspecified atom stereocenters. The van der Waals surface area contributed by atoms with Gasteiger partial charge in [0, 0.05) is 12.1 Å². The zero-order valence-electron chi connectivity index (χ0n) is 14.3. The average Bonchev–Trinajstić information content (AvgIpc) is 2.57. The van der Waals surface area contributed by atoms with Crippen LogP contribution in [0.1, 0.15) is 19.8 Å². The molecular formula is C18H22Cl2N2O3S. The van der Waals surface area contributed by atoms with Crippen molar-refractivity contribution in [2.75, 3.05) is 6.54 Å². The van der Waals surface area contributed by atoms with Gasteiger partial charge in [-0.3, -0.25) is 0 Å². The van der Waals surface area contributed by atoms with Crippen molar-refractivity contribution in [3.05, 3.63) is 53.6 Å². The van der Waals surface area contributed by atoms with Gasteiger partial charge in [-0.05, 0) is 62.7 Å². The second-order valence-corrected chi connectivity index (χ2v) is 8.32. The molecule has 1 aliphatic heterocycles. The van der Waals surface area contributed by atoms with E-state index in [1.165, 1.54) is 0 Å². The van der Waals surface area contributed by atoms with Crippen molar-refractivity contribution >= 4 is 34.0 Å². The van der Waals surface area contributed by atoms with E-state index in [4.69, 9.17) is 16.3 Å². The maximum atomic E-state index is 12.5. The Kier molecular flexibility index (Phi) is 7.32. The lowest BCUT2D eigenvalue weighted by molar-refractivity contribution is 0.361. The Hall–Kier alpha value is -1.31. The van der Waals surface area contributed by atoms with Gasteiger partial charge in [-0.15, -0.1) is 12.4 Å². The molecule has 0 aromatic heterocycles. The summed E-state index contributed by atoms with van der Waals surface area (Å²) in [4.78, 5) is 0.227. The Labute approximate surface area is 165 Å². The molecule has 2 atom stereocenters. The summed E-state index contributed by atoms with van der Waals surface area (Å²) < 4.78 is 33.6. The molecule has 0 aliphatic carbocycles. The highest BCUT2D eigenvalue weighted by Crippen LogP contribution is 2.29. The van der Waals surface area contributed by atoms with E-state index in [1.54, 1.807) is 36.4 Å². The molecule has 3 rings (SSSR count). The van der Waals surface area contributed by atoms with Crippen molar-refractivity contribution in [3.8, 4) is 11.5 Å². The van der Waals surface area contributed by atoms with Crippen LogP contribution in [0.25, 0.3) is 0 Å². The van der Waals surface area contributed by atoms with Gasteiger partial charge in [-0.2, -0.15) is 0 Å². The first-order valence-corrected chi connectivity index (χ1v) is 10.1. The Bertz CT molecular complexity index is 829. The van der Waals surface area contributed by atoms with Gasteiger partial charge in [-0.1, -0.05) is 23.7 Å².